The summed E-state index contributed by atoms with van der Waals surface area (Å²) in [4.78, 5) is 13.3. The van der Waals surface area contributed by atoms with Gasteiger partial charge < -0.3 is 33.4 Å². The second-order valence-electron chi connectivity index (χ2n) is 12.1. The maximum absolute atomic E-state index is 13.3. The van der Waals surface area contributed by atoms with Crippen LogP contribution in [-0.4, -0.2) is 72.0 Å². The summed E-state index contributed by atoms with van der Waals surface area (Å²) in [5.74, 6) is -0.136. The van der Waals surface area contributed by atoms with Gasteiger partial charge >= 0.3 is 0 Å². The van der Waals surface area contributed by atoms with Crippen LogP contribution in [0.15, 0.2) is 65.1 Å². The van der Waals surface area contributed by atoms with Gasteiger partial charge in [0.15, 0.2) is 5.79 Å². The van der Waals surface area contributed by atoms with Crippen LogP contribution in [0.25, 0.3) is 22.3 Å². The van der Waals surface area contributed by atoms with E-state index < -0.39 is 28.0 Å². The quantitative estimate of drug-likeness (QED) is 0.236. The molecule has 2 aliphatic rings. The van der Waals surface area contributed by atoms with Crippen molar-refractivity contribution in [2.24, 2.45) is 0 Å². The number of halogens is 1. The molecule has 1 amide bonds. The van der Waals surface area contributed by atoms with Gasteiger partial charge in [-0.2, -0.15) is 0 Å². The highest BCUT2D eigenvalue weighted by molar-refractivity contribution is 7.92. The molecule has 11 nitrogen and oxygen atoms in total. The lowest BCUT2D eigenvalue weighted by Gasteiger charge is -2.25. The van der Waals surface area contributed by atoms with E-state index in [0.29, 0.717) is 57.2 Å². The van der Waals surface area contributed by atoms with E-state index in [1.165, 1.54) is 35.6 Å². The second-order valence-corrected chi connectivity index (χ2v) is 14.0. The van der Waals surface area contributed by atoms with Crippen molar-refractivity contribution in [1.29, 1.82) is 0 Å². The Balaban J connectivity index is 1.31. The van der Waals surface area contributed by atoms with Crippen LogP contribution in [0.4, 0.5) is 10.1 Å². The highest BCUT2D eigenvalue weighted by atomic mass is 32.2. The van der Waals surface area contributed by atoms with E-state index in [9.17, 15) is 17.6 Å². The number of benzene rings is 3. The zero-order valence-electron chi connectivity index (χ0n) is 26.7. The van der Waals surface area contributed by atoms with Gasteiger partial charge in [-0.15, -0.1) is 0 Å². The Labute approximate surface area is 272 Å². The van der Waals surface area contributed by atoms with E-state index in [1.54, 1.807) is 36.4 Å². The zero-order valence-corrected chi connectivity index (χ0v) is 27.6. The number of anilines is 1. The molecule has 0 aliphatic carbocycles. The number of rotatable bonds is 9. The number of furan rings is 1. The van der Waals surface area contributed by atoms with Crippen LogP contribution >= 0.6 is 0 Å². The van der Waals surface area contributed by atoms with Crippen molar-refractivity contribution in [1.82, 2.24) is 5.32 Å². The molecule has 0 saturated carbocycles. The lowest BCUT2D eigenvalue weighted by molar-refractivity contribution is -0.147. The SMILES string of the molecule is CNC(=O)c1c(-c2ccc(Oc3ccc(F)cc3)cc2)oc2cc3c(cc12)C(C)OC(COCC1COC(C)(C)O1)CN3S(C)(=O)=O. The van der Waals surface area contributed by atoms with Gasteiger partial charge in [0, 0.05) is 29.6 Å². The predicted octanol–water partition coefficient (Wildman–Crippen LogP) is 5.78. The second kappa shape index (κ2) is 12.9. The highest BCUT2D eigenvalue weighted by Crippen LogP contribution is 2.42. The van der Waals surface area contributed by atoms with Crippen LogP contribution in [-0.2, 0) is 29.0 Å². The molecule has 3 atom stereocenters. The fourth-order valence-electron chi connectivity index (χ4n) is 5.83. The van der Waals surface area contributed by atoms with Crippen molar-refractivity contribution < 1.29 is 45.7 Å². The minimum absolute atomic E-state index is 0.0145. The van der Waals surface area contributed by atoms with E-state index in [-0.39, 0.29) is 37.6 Å². The summed E-state index contributed by atoms with van der Waals surface area (Å²) >= 11 is 0. The number of sulfonamides is 1. The summed E-state index contributed by atoms with van der Waals surface area (Å²) in [6.07, 6.45) is -0.226. The van der Waals surface area contributed by atoms with Gasteiger partial charge in [-0.1, -0.05) is 0 Å². The van der Waals surface area contributed by atoms with Crippen LogP contribution in [0.1, 0.15) is 42.8 Å². The molecular weight excluding hydrogens is 631 g/mol. The normalized spacial score (nSPS) is 21.0. The maximum atomic E-state index is 13.3. The molecule has 3 aromatic carbocycles. The van der Waals surface area contributed by atoms with E-state index in [0.717, 1.165) is 6.26 Å². The lowest BCUT2D eigenvalue weighted by atomic mass is 10.0. The number of nitrogens with zero attached hydrogens (tertiary/aromatic N) is 1. The monoisotopic (exact) mass is 668 g/mol. The van der Waals surface area contributed by atoms with Gasteiger partial charge in [0.1, 0.15) is 40.9 Å². The molecule has 3 unspecified atom stereocenters. The first kappa shape index (κ1) is 32.9. The zero-order chi connectivity index (χ0) is 33.5. The molecule has 2 aliphatic heterocycles. The van der Waals surface area contributed by atoms with E-state index in [2.05, 4.69) is 5.32 Å². The van der Waals surface area contributed by atoms with Crippen molar-refractivity contribution in [3.8, 4) is 22.8 Å². The van der Waals surface area contributed by atoms with Crippen LogP contribution in [0.2, 0.25) is 0 Å². The molecule has 250 valence electrons. The third kappa shape index (κ3) is 7.14. The van der Waals surface area contributed by atoms with Crippen LogP contribution in [0, 0.1) is 5.82 Å². The number of amides is 1. The highest BCUT2D eigenvalue weighted by Gasteiger charge is 2.35. The number of nitrogens with one attached hydrogen (secondary N) is 1. The number of carbonyl (C=O) groups is 1. The van der Waals surface area contributed by atoms with Gasteiger partial charge in [-0.05, 0) is 75.4 Å². The first-order valence-electron chi connectivity index (χ1n) is 15.2. The Hall–Kier alpha value is -4.01. The van der Waals surface area contributed by atoms with Crippen LogP contribution in [0.5, 0.6) is 11.5 Å². The summed E-state index contributed by atoms with van der Waals surface area (Å²) in [6.45, 7) is 6.33. The van der Waals surface area contributed by atoms with Crippen molar-refractivity contribution in [3.63, 3.8) is 0 Å². The average molecular weight is 669 g/mol. The molecule has 4 aromatic rings. The Morgan fingerprint density at radius 3 is 2.32 bits per heavy atom. The van der Waals surface area contributed by atoms with Gasteiger partial charge in [0.25, 0.3) is 5.91 Å². The molecular formula is C34H37FN2O9S. The predicted molar refractivity (Wildman–Crippen MR) is 173 cm³/mol. The molecule has 0 bridgehead atoms. The summed E-state index contributed by atoms with van der Waals surface area (Å²) < 4.78 is 76.6. The van der Waals surface area contributed by atoms with E-state index in [1.807, 2.05) is 20.8 Å². The lowest BCUT2D eigenvalue weighted by Crippen LogP contribution is -2.39. The molecule has 1 aromatic heterocycles. The topological polar surface area (TPSA) is 126 Å². The van der Waals surface area contributed by atoms with Gasteiger partial charge in [0.2, 0.25) is 10.0 Å². The Kier molecular flexibility index (Phi) is 9.02. The third-order valence-electron chi connectivity index (χ3n) is 8.01. The maximum Gasteiger partial charge on any atom is 0.255 e. The minimum Gasteiger partial charge on any atom is -0.457 e. The third-order valence-corrected chi connectivity index (χ3v) is 9.15. The summed E-state index contributed by atoms with van der Waals surface area (Å²) in [6, 6.07) is 16.0. The first-order chi connectivity index (χ1) is 22.3. The fourth-order valence-corrected chi connectivity index (χ4v) is 6.78. The smallest absolute Gasteiger partial charge is 0.255 e. The Morgan fingerprint density at radius 2 is 1.70 bits per heavy atom. The Morgan fingerprint density at radius 1 is 1.04 bits per heavy atom. The molecule has 3 heterocycles. The first-order valence-corrected chi connectivity index (χ1v) is 17.0. The number of fused-ring (bicyclic) bond motifs is 2. The summed E-state index contributed by atoms with van der Waals surface area (Å²) in [7, 11) is -2.23. The molecule has 6 rings (SSSR count). The summed E-state index contributed by atoms with van der Waals surface area (Å²) in [5, 5.41) is 3.19. The standard InChI is InChI=1S/C34H37FN2O9S/c1-20-27-14-28-30(15-29(27)37(47(5,39)40)16-25(43-20)17-41-18-26-19-42-34(2,3)46-26)45-32(31(28)33(38)36-4)21-6-10-23(11-7-21)44-24-12-8-22(35)9-13-24/h6-15,20,25-26H,16-19H2,1-5H3,(H,36,38). The van der Waals surface area contributed by atoms with E-state index >= 15 is 0 Å². The van der Waals surface area contributed by atoms with Crippen molar-refractivity contribution in [2.45, 2.75) is 44.9 Å². The molecule has 0 spiro atoms. The van der Waals surface area contributed by atoms with Gasteiger partial charge in [0.05, 0.1) is 50.0 Å². The molecule has 1 fully saturated rings. The molecule has 13 heteroatoms. The van der Waals surface area contributed by atoms with E-state index in [4.69, 9.17) is 28.1 Å². The summed E-state index contributed by atoms with van der Waals surface area (Å²) in [5.41, 5.74) is 2.21. The minimum atomic E-state index is -3.76. The van der Waals surface area contributed by atoms with Crippen LogP contribution < -0.4 is 14.4 Å². The number of hydrogen-bond acceptors (Lipinski definition) is 9. The fraction of sp³-hybridized carbons (Fsp3) is 0.382. The van der Waals surface area contributed by atoms with Crippen molar-refractivity contribution >= 4 is 32.6 Å². The molecule has 1 N–H and O–H groups in total. The number of hydrogen-bond donors (Lipinski definition) is 1. The molecule has 0 radical (unpaired) electrons. The molecule has 1 saturated heterocycles. The van der Waals surface area contributed by atoms with Crippen LogP contribution in [0.3, 0.4) is 0 Å². The average Bonchev–Trinajstić information content (AvgIpc) is 3.53. The van der Waals surface area contributed by atoms with Gasteiger partial charge in [-0.25, -0.2) is 12.8 Å². The van der Waals surface area contributed by atoms with Crippen molar-refractivity contribution in [3.05, 3.63) is 77.6 Å². The van der Waals surface area contributed by atoms with Crippen molar-refractivity contribution in [2.75, 3.05) is 44.0 Å². The number of ether oxygens (including phenoxy) is 5. The molecule has 47 heavy (non-hydrogen) atoms. The largest absolute Gasteiger partial charge is 0.457 e. The number of carbonyl (C=O) groups excluding carboxylic acids is 1. The van der Waals surface area contributed by atoms with Gasteiger partial charge in [-0.3, -0.25) is 9.10 Å². The Bertz CT molecular complexity index is 1870.